The van der Waals surface area contributed by atoms with Gasteiger partial charge in [-0.3, -0.25) is 4.79 Å². The van der Waals surface area contributed by atoms with Crippen LogP contribution in [0.1, 0.15) is 19.8 Å². The molecule has 2 atom stereocenters. The lowest BCUT2D eigenvalue weighted by Crippen LogP contribution is -2.28. The number of amides is 1. The van der Waals surface area contributed by atoms with Crippen LogP contribution in [0.15, 0.2) is 18.3 Å². The van der Waals surface area contributed by atoms with Crippen molar-refractivity contribution >= 4 is 17.4 Å². The van der Waals surface area contributed by atoms with Gasteiger partial charge in [0.15, 0.2) is 0 Å². The van der Waals surface area contributed by atoms with E-state index in [1.165, 1.54) is 12.8 Å². The van der Waals surface area contributed by atoms with Crippen molar-refractivity contribution in [1.29, 1.82) is 0 Å². The van der Waals surface area contributed by atoms with Crippen molar-refractivity contribution in [3.63, 3.8) is 0 Å². The second kappa shape index (κ2) is 5.79. The fourth-order valence-electron chi connectivity index (χ4n) is 2.99. The third kappa shape index (κ3) is 2.77. The molecule has 1 amide bonds. The van der Waals surface area contributed by atoms with Crippen molar-refractivity contribution in [2.24, 2.45) is 11.8 Å². The normalized spacial score (nSPS) is 25.9. The third-order valence-electron chi connectivity index (χ3n) is 4.30. The fraction of sp³-hybridized carbons (Fsp3) is 0.600. The van der Waals surface area contributed by atoms with Gasteiger partial charge in [0.2, 0.25) is 5.91 Å². The zero-order chi connectivity index (χ0) is 13.9. The van der Waals surface area contributed by atoms with E-state index >= 15 is 0 Å². The van der Waals surface area contributed by atoms with Crippen LogP contribution >= 0.6 is 0 Å². The zero-order valence-corrected chi connectivity index (χ0v) is 11.9. The molecular formula is C15H22N4O. The molecule has 0 saturated carbocycles. The molecule has 3 heterocycles. The summed E-state index contributed by atoms with van der Waals surface area (Å²) < 4.78 is 0. The molecule has 0 radical (unpaired) electrons. The van der Waals surface area contributed by atoms with Crippen LogP contribution in [0.5, 0.6) is 0 Å². The van der Waals surface area contributed by atoms with Crippen molar-refractivity contribution in [1.82, 2.24) is 10.3 Å². The number of pyridine rings is 1. The first-order valence-corrected chi connectivity index (χ1v) is 7.46. The predicted octanol–water partition coefficient (Wildman–Crippen LogP) is 1.48. The third-order valence-corrected chi connectivity index (χ3v) is 4.30. The minimum Gasteiger partial charge on any atom is -0.357 e. The number of anilines is 2. The van der Waals surface area contributed by atoms with E-state index < -0.39 is 0 Å². The van der Waals surface area contributed by atoms with Gasteiger partial charge in [0, 0.05) is 19.6 Å². The second-order valence-electron chi connectivity index (χ2n) is 5.83. The largest absolute Gasteiger partial charge is 0.357 e. The van der Waals surface area contributed by atoms with Gasteiger partial charge >= 0.3 is 0 Å². The molecule has 1 aromatic heterocycles. The molecule has 2 aliphatic heterocycles. The first-order chi connectivity index (χ1) is 9.74. The highest BCUT2D eigenvalue weighted by atomic mass is 16.1. The first kappa shape index (κ1) is 13.4. The van der Waals surface area contributed by atoms with Gasteiger partial charge in [0.1, 0.15) is 5.82 Å². The Morgan fingerprint density at radius 1 is 1.35 bits per heavy atom. The average Bonchev–Trinajstić information content (AvgIpc) is 3.10. The molecule has 1 aromatic rings. The van der Waals surface area contributed by atoms with Gasteiger partial charge in [-0.15, -0.1) is 0 Å². The Bertz CT molecular complexity index is 467. The molecule has 108 valence electrons. The summed E-state index contributed by atoms with van der Waals surface area (Å²) in [5.74, 6) is 1.56. The lowest BCUT2D eigenvalue weighted by atomic mass is 9.97. The van der Waals surface area contributed by atoms with Crippen LogP contribution in [-0.4, -0.2) is 37.1 Å². The summed E-state index contributed by atoms with van der Waals surface area (Å²) in [7, 11) is 0. The van der Waals surface area contributed by atoms with Crippen molar-refractivity contribution in [3.8, 4) is 0 Å². The highest BCUT2D eigenvalue weighted by molar-refractivity contribution is 5.93. The number of nitrogens with zero attached hydrogens (tertiary/aromatic N) is 2. The molecule has 0 bridgehead atoms. The van der Waals surface area contributed by atoms with Crippen LogP contribution in [0.25, 0.3) is 0 Å². The number of carbonyl (C=O) groups excluding carboxylic acids is 1. The first-order valence-electron chi connectivity index (χ1n) is 7.46. The molecule has 0 aliphatic carbocycles. The van der Waals surface area contributed by atoms with Crippen LogP contribution in [0, 0.1) is 11.8 Å². The monoisotopic (exact) mass is 274 g/mol. The SMILES string of the molecule is C[C@@H]1CNC[C@H]1C(=O)Nc1ccc(N2CCCC2)nc1. The molecule has 0 unspecified atom stereocenters. The van der Waals surface area contributed by atoms with Gasteiger partial charge in [-0.05, 0) is 37.4 Å². The smallest absolute Gasteiger partial charge is 0.229 e. The highest BCUT2D eigenvalue weighted by Crippen LogP contribution is 2.21. The summed E-state index contributed by atoms with van der Waals surface area (Å²) in [5, 5.41) is 6.22. The molecule has 0 spiro atoms. The number of carbonyl (C=O) groups is 1. The number of hydrogen-bond acceptors (Lipinski definition) is 4. The average molecular weight is 274 g/mol. The number of aromatic nitrogens is 1. The molecule has 2 aliphatic rings. The van der Waals surface area contributed by atoms with Crippen LogP contribution < -0.4 is 15.5 Å². The minimum atomic E-state index is 0.0632. The van der Waals surface area contributed by atoms with E-state index in [2.05, 4.69) is 27.4 Å². The van der Waals surface area contributed by atoms with E-state index in [4.69, 9.17) is 0 Å². The van der Waals surface area contributed by atoms with Crippen LogP contribution in [-0.2, 0) is 4.79 Å². The Balaban J connectivity index is 1.61. The van der Waals surface area contributed by atoms with Crippen molar-refractivity contribution in [2.45, 2.75) is 19.8 Å². The molecule has 2 fully saturated rings. The molecule has 2 saturated heterocycles. The Hall–Kier alpha value is -1.62. The van der Waals surface area contributed by atoms with E-state index in [0.29, 0.717) is 5.92 Å². The predicted molar refractivity (Wildman–Crippen MR) is 79.8 cm³/mol. The summed E-state index contributed by atoms with van der Waals surface area (Å²) in [5.41, 5.74) is 0.789. The minimum absolute atomic E-state index is 0.0632. The number of nitrogens with one attached hydrogen (secondary N) is 2. The van der Waals surface area contributed by atoms with Crippen LogP contribution in [0.2, 0.25) is 0 Å². The highest BCUT2D eigenvalue weighted by Gasteiger charge is 2.29. The summed E-state index contributed by atoms with van der Waals surface area (Å²) in [4.78, 5) is 18.9. The summed E-state index contributed by atoms with van der Waals surface area (Å²) in [6.07, 6.45) is 4.25. The lowest BCUT2D eigenvalue weighted by molar-refractivity contribution is -0.120. The maximum absolute atomic E-state index is 12.2. The van der Waals surface area contributed by atoms with Gasteiger partial charge in [0.25, 0.3) is 0 Å². The van der Waals surface area contributed by atoms with E-state index in [0.717, 1.165) is 37.7 Å². The van der Waals surface area contributed by atoms with E-state index in [-0.39, 0.29) is 11.8 Å². The van der Waals surface area contributed by atoms with Crippen LogP contribution in [0.4, 0.5) is 11.5 Å². The Kier molecular flexibility index (Phi) is 3.87. The number of hydrogen-bond donors (Lipinski definition) is 2. The fourth-order valence-corrected chi connectivity index (χ4v) is 2.99. The summed E-state index contributed by atoms with van der Waals surface area (Å²) in [6, 6.07) is 3.95. The van der Waals surface area contributed by atoms with Crippen molar-refractivity contribution in [2.75, 3.05) is 36.4 Å². The van der Waals surface area contributed by atoms with Crippen LogP contribution in [0.3, 0.4) is 0 Å². The Morgan fingerprint density at radius 3 is 2.75 bits per heavy atom. The van der Waals surface area contributed by atoms with E-state index in [1.54, 1.807) is 6.20 Å². The van der Waals surface area contributed by atoms with Gasteiger partial charge in [-0.25, -0.2) is 4.98 Å². The lowest BCUT2D eigenvalue weighted by Gasteiger charge is -2.17. The van der Waals surface area contributed by atoms with E-state index in [1.807, 2.05) is 12.1 Å². The topological polar surface area (TPSA) is 57.3 Å². The maximum atomic E-state index is 12.2. The van der Waals surface area contributed by atoms with Crippen molar-refractivity contribution < 1.29 is 4.79 Å². The van der Waals surface area contributed by atoms with Gasteiger partial charge in [0.05, 0.1) is 17.8 Å². The summed E-state index contributed by atoms with van der Waals surface area (Å²) in [6.45, 7) is 5.98. The van der Waals surface area contributed by atoms with Gasteiger partial charge in [-0.1, -0.05) is 6.92 Å². The molecule has 2 N–H and O–H groups in total. The molecule has 5 heteroatoms. The number of rotatable bonds is 3. The molecular weight excluding hydrogens is 252 g/mol. The Labute approximate surface area is 119 Å². The van der Waals surface area contributed by atoms with E-state index in [9.17, 15) is 4.79 Å². The standard InChI is InChI=1S/C15H22N4O/c1-11-8-16-10-13(11)15(20)18-12-4-5-14(17-9-12)19-6-2-3-7-19/h4-5,9,11,13,16H,2-3,6-8,10H2,1H3,(H,18,20)/t11-,13-/m1/s1. The molecule has 20 heavy (non-hydrogen) atoms. The Morgan fingerprint density at radius 2 is 2.15 bits per heavy atom. The second-order valence-corrected chi connectivity index (χ2v) is 5.83. The van der Waals surface area contributed by atoms with Gasteiger partial charge in [-0.2, -0.15) is 0 Å². The quantitative estimate of drug-likeness (QED) is 0.876. The summed E-state index contributed by atoms with van der Waals surface area (Å²) >= 11 is 0. The maximum Gasteiger partial charge on any atom is 0.229 e. The zero-order valence-electron chi connectivity index (χ0n) is 11.9. The molecule has 3 rings (SSSR count). The van der Waals surface area contributed by atoms with Gasteiger partial charge < -0.3 is 15.5 Å². The van der Waals surface area contributed by atoms with Crippen molar-refractivity contribution in [3.05, 3.63) is 18.3 Å². The molecule has 5 nitrogen and oxygen atoms in total. The molecule has 0 aromatic carbocycles.